The Labute approximate surface area is 148 Å². The number of rotatable bonds is 5. The van der Waals surface area contributed by atoms with Crippen molar-refractivity contribution in [1.82, 2.24) is 0 Å². The molecule has 3 aliphatic carbocycles. The summed E-state index contributed by atoms with van der Waals surface area (Å²) in [7, 11) is 0. The van der Waals surface area contributed by atoms with Gasteiger partial charge < -0.3 is 4.74 Å². The van der Waals surface area contributed by atoms with Crippen LogP contribution in [0, 0.1) is 29.6 Å². The van der Waals surface area contributed by atoms with E-state index in [2.05, 4.69) is 6.92 Å². The van der Waals surface area contributed by atoms with Gasteiger partial charge in [-0.1, -0.05) is 32.6 Å². The standard InChI is InChI=1S/C22H37FO/c1-3-4-17-5-7-18(8-6-17)19-9-10-21-14-22(24-15-16(2)23)12-11-20(21)13-19/h15,17-22H,3-14H2,1-2H3. The molecular weight excluding hydrogens is 299 g/mol. The van der Waals surface area contributed by atoms with E-state index in [9.17, 15) is 4.39 Å². The summed E-state index contributed by atoms with van der Waals surface area (Å²) in [5, 5.41) is 0. The highest BCUT2D eigenvalue weighted by Gasteiger charge is 2.39. The van der Waals surface area contributed by atoms with E-state index < -0.39 is 0 Å². The van der Waals surface area contributed by atoms with Crippen LogP contribution >= 0.6 is 0 Å². The van der Waals surface area contributed by atoms with Crippen molar-refractivity contribution in [3.63, 3.8) is 0 Å². The largest absolute Gasteiger partial charge is 0.495 e. The van der Waals surface area contributed by atoms with Gasteiger partial charge in [0.2, 0.25) is 0 Å². The molecule has 0 aromatic rings. The lowest BCUT2D eigenvalue weighted by molar-refractivity contribution is 0.0102. The third-order valence-corrected chi connectivity index (χ3v) is 7.28. The molecule has 3 saturated carbocycles. The quantitative estimate of drug-likeness (QED) is 0.490. The average molecular weight is 337 g/mol. The minimum absolute atomic E-state index is 0.209. The summed E-state index contributed by atoms with van der Waals surface area (Å²) in [6, 6.07) is 0. The Kier molecular flexibility index (Phi) is 6.63. The van der Waals surface area contributed by atoms with Crippen LogP contribution in [0.3, 0.4) is 0 Å². The Morgan fingerprint density at radius 1 is 0.875 bits per heavy atom. The lowest BCUT2D eigenvalue weighted by atomic mass is 9.62. The fourth-order valence-electron chi connectivity index (χ4n) is 5.98. The zero-order chi connectivity index (χ0) is 16.9. The van der Waals surface area contributed by atoms with E-state index in [1.807, 2.05) is 0 Å². The lowest BCUT2D eigenvalue weighted by Gasteiger charge is -2.45. The molecule has 0 heterocycles. The summed E-state index contributed by atoms with van der Waals surface area (Å²) in [6.07, 6.45) is 18.3. The molecule has 0 spiro atoms. The van der Waals surface area contributed by atoms with Crippen molar-refractivity contribution in [3.8, 4) is 0 Å². The van der Waals surface area contributed by atoms with E-state index in [1.54, 1.807) is 0 Å². The zero-order valence-electron chi connectivity index (χ0n) is 15.8. The summed E-state index contributed by atoms with van der Waals surface area (Å²) in [4.78, 5) is 0. The van der Waals surface area contributed by atoms with Gasteiger partial charge in [0, 0.05) is 0 Å². The van der Waals surface area contributed by atoms with E-state index in [4.69, 9.17) is 4.74 Å². The van der Waals surface area contributed by atoms with Gasteiger partial charge in [0.05, 0.1) is 6.10 Å². The van der Waals surface area contributed by atoms with Gasteiger partial charge >= 0.3 is 0 Å². The first-order valence-corrected chi connectivity index (χ1v) is 10.6. The number of ether oxygens (including phenoxy) is 1. The SMILES string of the molecule is CCCC1CCC(C2CCC3CC(OC=C(C)F)CCC3C2)CC1. The van der Waals surface area contributed by atoms with E-state index in [-0.39, 0.29) is 11.9 Å². The van der Waals surface area contributed by atoms with Gasteiger partial charge in [0.1, 0.15) is 12.1 Å². The van der Waals surface area contributed by atoms with Crippen molar-refractivity contribution in [2.24, 2.45) is 29.6 Å². The monoisotopic (exact) mass is 336 g/mol. The minimum Gasteiger partial charge on any atom is -0.495 e. The molecule has 1 nitrogen and oxygen atoms in total. The second-order valence-corrected chi connectivity index (χ2v) is 8.94. The Morgan fingerprint density at radius 3 is 2.12 bits per heavy atom. The summed E-state index contributed by atoms with van der Waals surface area (Å²) in [5.41, 5.74) is 0. The Morgan fingerprint density at radius 2 is 1.46 bits per heavy atom. The topological polar surface area (TPSA) is 9.23 Å². The van der Waals surface area contributed by atoms with Gasteiger partial charge in [-0.15, -0.1) is 0 Å². The Bertz CT molecular complexity index is 406. The molecule has 0 aliphatic heterocycles. The third-order valence-electron chi connectivity index (χ3n) is 7.28. The molecule has 0 saturated heterocycles. The molecule has 2 heteroatoms. The van der Waals surface area contributed by atoms with Crippen LogP contribution < -0.4 is 0 Å². The van der Waals surface area contributed by atoms with Gasteiger partial charge in [-0.3, -0.25) is 0 Å². The number of hydrogen-bond acceptors (Lipinski definition) is 1. The predicted octanol–water partition coefficient (Wildman–Crippen LogP) is 7.03. The molecule has 0 bridgehead atoms. The zero-order valence-corrected chi connectivity index (χ0v) is 15.8. The molecule has 4 atom stereocenters. The smallest absolute Gasteiger partial charge is 0.131 e. The molecule has 4 unspecified atom stereocenters. The first-order valence-electron chi connectivity index (χ1n) is 10.6. The van der Waals surface area contributed by atoms with Crippen molar-refractivity contribution < 1.29 is 9.13 Å². The highest BCUT2D eigenvalue weighted by atomic mass is 19.1. The molecule has 0 amide bonds. The van der Waals surface area contributed by atoms with E-state index in [0.29, 0.717) is 0 Å². The van der Waals surface area contributed by atoms with Gasteiger partial charge in [-0.2, -0.15) is 0 Å². The van der Waals surface area contributed by atoms with Crippen molar-refractivity contribution >= 4 is 0 Å². The number of allylic oxidation sites excluding steroid dienone is 1. The maximum absolute atomic E-state index is 12.9. The van der Waals surface area contributed by atoms with Crippen LogP contribution in [0.5, 0.6) is 0 Å². The summed E-state index contributed by atoms with van der Waals surface area (Å²) >= 11 is 0. The minimum atomic E-state index is -0.209. The maximum Gasteiger partial charge on any atom is 0.131 e. The van der Waals surface area contributed by atoms with Crippen LogP contribution in [-0.2, 0) is 4.74 Å². The van der Waals surface area contributed by atoms with E-state index in [1.165, 1.54) is 77.4 Å². The highest BCUT2D eigenvalue weighted by Crippen LogP contribution is 2.48. The first kappa shape index (κ1) is 18.3. The van der Waals surface area contributed by atoms with Crippen LogP contribution in [0.2, 0.25) is 0 Å². The normalized spacial score (nSPS) is 40.9. The van der Waals surface area contributed by atoms with Crippen LogP contribution in [0.4, 0.5) is 4.39 Å². The maximum atomic E-state index is 12.9. The van der Waals surface area contributed by atoms with Gasteiger partial charge in [-0.25, -0.2) is 4.39 Å². The second kappa shape index (κ2) is 8.72. The first-order chi connectivity index (χ1) is 11.7. The predicted molar refractivity (Wildman–Crippen MR) is 98.3 cm³/mol. The van der Waals surface area contributed by atoms with Crippen LogP contribution in [-0.4, -0.2) is 6.10 Å². The Hall–Kier alpha value is -0.530. The van der Waals surface area contributed by atoms with Crippen LogP contribution in [0.25, 0.3) is 0 Å². The molecule has 3 rings (SSSR count). The summed E-state index contributed by atoms with van der Waals surface area (Å²) in [5.74, 6) is 4.60. The van der Waals surface area contributed by atoms with E-state index >= 15 is 0 Å². The van der Waals surface area contributed by atoms with Crippen LogP contribution in [0.1, 0.15) is 90.9 Å². The van der Waals surface area contributed by atoms with Gasteiger partial charge in [-0.05, 0) is 87.9 Å². The number of hydrogen-bond donors (Lipinski definition) is 0. The molecule has 0 aromatic heterocycles. The molecule has 138 valence electrons. The van der Waals surface area contributed by atoms with Crippen molar-refractivity contribution in [2.45, 2.75) is 97.0 Å². The number of halogens is 1. The molecule has 3 aliphatic rings. The molecular formula is C22H37FO. The molecule has 24 heavy (non-hydrogen) atoms. The Balaban J connectivity index is 1.44. The van der Waals surface area contributed by atoms with E-state index in [0.717, 1.165) is 42.4 Å². The second-order valence-electron chi connectivity index (χ2n) is 8.94. The summed E-state index contributed by atoms with van der Waals surface area (Å²) < 4.78 is 18.5. The third kappa shape index (κ3) is 4.76. The average Bonchev–Trinajstić information content (AvgIpc) is 2.60. The molecule has 0 radical (unpaired) electrons. The fourth-order valence-corrected chi connectivity index (χ4v) is 5.98. The fraction of sp³-hybridized carbons (Fsp3) is 0.909. The number of fused-ring (bicyclic) bond motifs is 1. The summed E-state index contributed by atoms with van der Waals surface area (Å²) in [6.45, 7) is 3.80. The highest BCUT2D eigenvalue weighted by molar-refractivity contribution is 4.90. The van der Waals surface area contributed by atoms with Crippen molar-refractivity contribution in [2.75, 3.05) is 0 Å². The lowest BCUT2D eigenvalue weighted by Crippen LogP contribution is -2.36. The van der Waals surface area contributed by atoms with Crippen molar-refractivity contribution in [1.29, 1.82) is 0 Å². The van der Waals surface area contributed by atoms with Gasteiger partial charge in [0.25, 0.3) is 0 Å². The van der Waals surface area contributed by atoms with Crippen LogP contribution in [0.15, 0.2) is 12.1 Å². The molecule has 3 fully saturated rings. The van der Waals surface area contributed by atoms with Gasteiger partial charge in [0.15, 0.2) is 0 Å². The molecule has 0 aromatic carbocycles. The van der Waals surface area contributed by atoms with Crippen molar-refractivity contribution in [3.05, 3.63) is 12.1 Å². The molecule has 0 N–H and O–H groups in total.